The van der Waals surface area contributed by atoms with Crippen LogP contribution in [0.15, 0.2) is 53.3 Å². The first kappa shape index (κ1) is 20.3. The number of halogens is 2. The minimum Gasteiger partial charge on any atom is -0.469 e. The maximum Gasteiger partial charge on any atom is 0.274 e. The second-order valence-electron chi connectivity index (χ2n) is 6.45. The number of para-hydroxylation sites is 1. The highest BCUT2D eigenvalue weighted by atomic mass is 35.5. The largest absolute Gasteiger partial charge is 0.469 e. The van der Waals surface area contributed by atoms with E-state index < -0.39 is 0 Å². The van der Waals surface area contributed by atoms with Gasteiger partial charge in [0, 0.05) is 25.7 Å². The van der Waals surface area contributed by atoms with Crippen molar-refractivity contribution in [3.05, 3.63) is 70.4 Å². The fourth-order valence-corrected chi connectivity index (χ4v) is 3.19. The average molecular weight is 422 g/mol. The first-order valence-corrected chi connectivity index (χ1v) is 9.61. The Labute approximate surface area is 173 Å². The van der Waals surface area contributed by atoms with E-state index in [1.54, 1.807) is 48.7 Å². The molecule has 0 fully saturated rings. The number of furan rings is 1. The third-order valence-corrected chi connectivity index (χ3v) is 5.09. The fourth-order valence-electron chi connectivity index (χ4n) is 2.68. The van der Waals surface area contributed by atoms with Gasteiger partial charge in [0.15, 0.2) is 18.2 Å². The molecule has 3 rings (SSSR count). The van der Waals surface area contributed by atoms with Crippen LogP contribution in [0.2, 0.25) is 10.0 Å². The third kappa shape index (κ3) is 4.88. The summed E-state index contributed by atoms with van der Waals surface area (Å²) in [5, 5.41) is 5.13. The van der Waals surface area contributed by atoms with Crippen molar-refractivity contribution in [1.29, 1.82) is 0 Å². The molecule has 1 atom stereocenters. The molecule has 1 unspecified atom stereocenters. The van der Waals surface area contributed by atoms with Gasteiger partial charge < -0.3 is 14.1 Å². The molecular weight excluding hydrogens is 401 g/mol. The number of rotatable bonds is 8. The number of amides is 1. The van der Waals surface area contributed by atoms with Gasteiger partial charge in [0.25, 0.3) is 5.91 Å². The molecule has 8 heteroatoms. The number of ether oxygens (including phenoxy) is 1. The second-order valence-corrected chi connectivity index (χ2v) is 7.26. The lowest BCUT2D eigenvalue weighted by Gasteiger charge is -2.23. The van der Waals surface area contributed by atoms with Crippen LogP contribution in [0.3, 0.4) is 0 Å². The number of aromatic nitrogens is 2. The molecule has 3 aromatic rings. The SMILES string of the molecule is CC(CCc1ccco1)N(C)C(=O)c1ccn(COc2c(Cl)cccc2Cl)n1. The highest BCUT2D eigenvalue weighted by molar-refractivity contribution is 6.37. The van der Waals surface area contributed by atoms with E-state index >= 15 is 0 Å². The van der Waals surface area contributed by atoms with E-state index in [0.717, 1.165) is 18.6 Å². The Kier molecular flexibility index (Phi) is 6.65. The van der Waals surface area contributed by atoms with Gasteiger partial charge in [-0.1, -0.05) is 29.3 Å². The Hall–Kier alpha value is -2.44. The Balaban J connectivity index is 1.57. The molecule has 0 aliphatic carbocycles. The number of carbonyl (C=O) groups excluding carboxylic acids is 1. The highest BCUT2D eigenvalue weighted by Crippen LogP contribution is 2.32. The molecule has 148 valence electrons. The molecule has 2 heterocycles. The van der Waals surface area contributed by atoms with Crippen LogP contribution in [0, 0.1) is 0 Å². The Bertz CT molecular complexity index is 904. The maximum atomic E-state index is 12.7. The molecule has 0 aliphatic heterocycles. The van der Waals surface area contributed by atoms with E-state index in [4.69, 9.17) is 32.4 Å². The van der Waals surface area contributed by atoms with Crippen molar-refractivity contribution in [1.82, 2.24) is 14.7 Å². The van der Waals surface area contributed by atoms with Crippen molar-refractivity contribution in [2.45, 2.75) is 32.5 Å². The van der Waals surface area contributed by atoms with E-state index in [1.807, 2.05) is 19.1 Å². The number of hydrogen-bond donors (Lipinski definition) is 0. The first-order chi connectivity index (χ1) is 13.5. The summed E-state index contributed by atoms with van der Waals surface area (Å²) >= 11 is 12.2. The summed E-state index contributed by atoms with van der Waals surface area (Å²) in [5.41, 5.74) is 0.348. The van der Waals surface area contributed by atoms with Crippen LogP contribution in [-0.2, 0) is 13.2 Å². The Morgan fingerprint density at radius 1 is 1.25 bits per heavy atom. The van der Waals surface area contributed by atoms with Gasteiger partial charge in [0.05, 0.1) is 16.3 Å². The normalized spacial score (nSPS) is 12.0. The standard InChI is InChI=1S/C20H21Cl2N3O3/c1-14(8-9-15-5-4-12-27-15)24(2)20(26)18-10-11-25(23-18)13-28-19-16(21)6-3-7-17(19)22/h3-7,10-12,14H,8-9,13H2,1-2H3. The topological polar surface area (TPSA) is 60.5 Å². The second kappa shape index (κ2) is 9.17. The molecule has 0 aliphatic rings. The molecule has 0 radical (unpaired) electrons. The molecule has 6 nitrogen and oxygen atoms in total. The highest BCUT2D eigenvalue weighted by Gasteiger charge is 2.20. The van der Waals surface area contributed by atoms with Gasteiger partial charge in [-0.2, -0.15) is 5.10 Å². The van der Waals surface area contributed by atoms with Gasteiger partial charge in [-0.05, 0) is 43.7 Å². The van der Waals surface area contributed by atoms with Crippen LogP contribution in [0.5, 0.6) is 5.75 Å². The quantitative estimate of drug-likeness (QED) is 0.518. The van der Waals surface area contributed by atoms with Gasteiger partial charge in [0.1, 0.15) is 5.76 Å². The van der Waals surface area contributed by atoms with E-state index in [-0.39, 0.29) is 18.7 Å². The fraction of sp³-hybridized carbons (Fsp3) is 0.300. The predicted molar refractivity (Wildman–Crippen MR) is 108 cm³/mol. The Morgan fingerprint density at radius 3 is 2.68 bits per heavy atom. The van der Waals surface area contributed by atoms with E-state index in [0.29, 0.717) is 21.5 Å². The zero-order chi connectivity index (χ0) is 20.1. The minimum atomic E-state index is -0.151. The van der Waals surface area contributed by atoms with Gasteiger partial charge in [-0.15, -0.1) is 0 Å². The molecule has 1 aromatic carbocycles. The van der Waals surface area contributed by atoms with Gasteiger partial charge >= 0.3 is 0 Å². The number of carbonyl (C=O) groups is 1. The summed E-state index contributed by atoms with van der Waals surface area (Å²) in [6, 6.07) is 10.6. The van der Waals surface area contributed by atoms with Crippen LogP contribution >= 0.6 is 23.2 Å². The summed E-state index contributed by atoms with van der Waals surface area (Å²) in [6.45, 7) is 2.09. The molecule has 0 N–H and O–H groups in total. The zero-order valence-corrected chi connectivity index (χ0v) is 17.2. The minimum absolute atomic E-state index is 0.0425. The number of aryl methyl sites for hydroxylation is 1. The molecule has 0 bridgehead atoms. The lowest BCUT2D eigenvalue weighted by Crippen LogP contribution is -2.35. The molecule has 0 saturated heterocycles. The van der Waals surface area contributed by atoms with Crippen molar-refractivity contribution in [3.8, 4) is 5.75 Å². The van der Waals surface area contributed by atoms with E-state index in [2.05, 4.69) is 5.10 Å². The van der Waals surface area contributed by atoms with Crippen LogP contribution in [0.1, 0.15) is 29.6 Å². The van der Waals surface area contributed by atoms with E-state index in [1.165, 1.54) is 4.68 Å². The third-order valence-electron chi connectivity index (χ3n) is 4.49. The predicted octanol–water partition coefficient (Wildman–Crippen LogP) is 4.91. The lowest BCUT2D eigenvalue weighted by atomic mass is 10.1. The summed E-state index contributed by atoms with van der Waals surface area (Å²) < 4.78 is 12.5. The van der Waals surface area contributed by atoms with Gasteiger partial charge in [-0.25, -0.2) is 4.68 Å². The number of benzene rings is 1. The lowest BCUT2D eigenvalue weighted by molar-refractivity contribution is 0.0728. The number of hydrogen-bond acceptors (Lipinski definition) is 4. The molecule has 28 heavy (non-hydrogen) atoms. The van der Waals surface area contributed by atoms with Crippen LogP contribution in [-0.4, -0.2) is 33.7 Å². The first-order valence-electron chi connectivity index (χ1n) is 8.85. The maximum absolute atomic E-state index is 12.7. The van der Waals surface area contributed by atoms with Gasteiger partial charge in [0.2, 0.25) is 0 Å². The van der Waals surface area contributed by atoms with Crippen LogP contribution < -0.4 is 4.74 Å². The van der Waals surface area contributed by atoms with Gasteiger partial charge in [-0.3, -0.25) is 4.79 Å². The smallest absolute Gasteiger partial charge is 0.274 e. The van der Waals surface area contributed by atoms with Crippen LogP contribution in [0.25, 0.3) is 0 Å². The van der Waals surface area contributed by atoms with Crippen LogP contribution in [0.4, 0.5) is 0 Å². The molecule has 1 amide bonds. The van der Waals surface area contributed by atoms with Crippen molar-refractivity contribution in [2.24, 2.45) is 0 Å². The molecule has 0 spiro atoms. The summed E-state index contributed by atoms with van der Waals surface area (Å²) in [5.74, 6) is 1.15. The van der Waals surface area contributed by atoms with Crippen molar-refractivity contribution >= 4 is 29.1 Å². The summed E-state index contributed by atoms with van der Waals surface area (Å²) in [7, 11) is 1.77. The van der Waals surface area contributed by atoms with Crippen molar-refractivity contribution in [3.63, 3.8) is 0 Å². The molecular formula is C20H21Cl2N3O3. The average Bonchev–Trinajstić information content (AvgIpc) is 3.36. The molecule has 0 saturated carbocycles. The van der Waals surface area contributed by atoms with Crippen molar-refractivity contribution < 1.29 is 13.9 Å². The van der Waals surface area contributed by atoms with E-state index in [9.17, 15) is 4.79 Å². The zero-order valence-electron chi connectivity index (χ0n) is 15.6. The number of nitrogens with zero attached hydrogens (tertiary/aromatic N) is 3. The summed E-state index contributed by atoms with van der Waals surface area (Å²) in [6.07, 6.45) is 4.90. The summed E-state index contributed by atoms with van der Waals surface area (Å²) in [4.78, 5) is 14.4. The Morgan fingerprint density at radius 2 is 2.00 bits per heavy atom. The monoisotopic (exact) mass is 421 g/mol. The molecule has 2 aromatic heterocycles. The van der Waals surface area contributed by atoms with Crippen molar-refractivity contribution in [2.75, 3.05) is 7.05 Å².